The third-order valence-corrected chi connectivity index (χ3v) is 2.54. The van der Waals surface area contributed by atoms with Crippen molar-refractivity contribution < 1.29 is 0 Å². The van der Waals surface area contributed by atoms with Gasteiger partial charge in [0.1, 0.15) is 0 Å². The maximum atomic E-state index is 4.67. The molecule has 1 rings (SSSR count). The molecule has 0 aromatic carbocycles. The van der Waals surface area contributed by atoms with Crippen LogP contribution >= 0.6 is 0 Å². The van der Waals surface area contributed by atoms with Crippen LogP contribution in [0.3, 0.4) is 0 Å². The third kappa shape index (κ3) is 5.50. The first-order valence-electron chi connectivity index (χ1n) is 6.89. The highest BCUT2D eigenvalue weighted by atomic mass is 14.9. The van der Waals surface area contributed by atoms with Crippen LogP contribution in [0, 0.1) is 0 Å². The monoisotopic (exact) mass is 261 g/mol. The van der Waals surface area contributed by atoms with Crippen LogP contribution < -0.4 is 0 Å². The summed E-state index contributed by atoms with van der Waals surface area (Å²) in [5.74, 6) is 0. The van der Waals surface area contributed by atoms with E-state index in [2.05, 4.69) is 62.6 Å². The van der Waals surface area contributed by atoms with Crippen LogP contribution in [0.25, 0.3) is 0 Å². The molecule has 1 aliphatic rings. The molecule has 0 amide bonds. The van der Waals surface area contributed by atoms with Crippen LogP contribution in [0.15, 0.2) is 26.8 Å². The fourth-order valence-electron chi connectivity index (χ4n) is 2.02. The van der Waals surface area contributed by atoms with Gasteiger partial charge in [0.2, 0.25) is 0 Å². The maximum absolute atomic E-state index is 4.67. The zero-order valence-electron chi connectivity index (χ0n) is 13.6. The van der Waals surface area contributed by atoms with Crippen molar-refractivity contribution in [3.63, 3.8) is 0 Å². The van der Waals surface area contributed by atoms with Gasteiger partial charge in [-0.1, -0.05) is 6.08 Å². The molecule has 0 unspecified atom stereocenters. The van der Waals surface area contributed by atoms with Gasteiger partial charge in [-0.15, -0.1) is 0 Å². The molecule has 0 saturated carbocycles. The second-order valence-electron chi connectivity index (χ2n) is 7.09. The van der Waals surface area contributed by atoms with Crippen molar-refractivity contribution in [2.24, 2.45) is 15.0 Å². The van der Waals surface area contributed by atoms with E-state index in [9.17, 15) is 0 Å². The highest BCUT2D eigenvalue weighted by Gasteiger charge is 2.17. The molecule has 0 radical (unpaired) electrons. The van der Waals surface area contributed by atoms with Gasteiger partial charge in [0.25, 0.3) is 0 Å². The SMILES string of the molecule is CC(=NC(C)(C)C)C1=CCC(C(C)=NC(C)(C)C)=N1. The van der Waals surface area contributed by atoms with Crippen molar-refractivity contribution in [1.29, 1.82) is 0 Å². The summed E-state index contributed by atoms with van der Waals surface area (Å²) in [4.78, 5) is 14.0. The molecular formula is C16H27N3. The molecule has 0 aliphatic carbocycles. The molecule has 0 aromatic rings. The minimum atomic E-state index is -0.0578. The Bertz CT molecular complexity index is 463. The summed E-state index contributed by atoms with van der Waals surface area (Å²) in [6, 6.07) is 0. The van der Waals surface area contributed by atoms with Crippen molar-refractivity contribution >= 4 is 17.1 Å². The summed E-state index contributed by atoms with van der Waals surface area (Å²) >= 11 is 0. The zero-order valence-corrected chi connectivity index (χ0v) is 13.6. The smallest absolute Gasteiger partial charge is 0.0805 e. The summed E-state index contributed by atoms with van der Waals surface area (Å²) in [6.45, 7) is 16.7. The van der Waals surface area contributed by atoms with E-state index < -0.39 is 0 Å². The Hall–Kier alpha value is -1.25. The molecule has 0 saturated heterocycles. The second kappa shape index (κ2) is 5.40. The Labute approximate surface area is 117 Å². The molecule has 0 atom stereocenters. The molecule has 0 fully saturated rings. The summed E-state index contributed by atoms with van der Waals surface area (Å²) in [5.41, 5.74) is 3.98. The highest BCUT2D eigenvalue weighted by molar-refractivity contribution is 6.43. The summed E-state index contributed by atoms with van der Waals surface area (Å²) in [6.07, 6.45) is 3.00. The maximum Gasteiger partial charge on any atom is 0.0805 e. The van der Waals surface area contributed by atoms with Crippen LogP contribution in [-0.2, 0) is 0 Å². The first kappa shape index (κ1) is 15.8. The van der Waals surface area contributed by atoms with E-state index in [0.717, 1.165) is 29.3 Å². The standard InChI is InChI=1S/C16H27N3/c1-11(18-15(3,4)5)13-9-10-14(17-13)12(2)19-16(6,7)8/h9H,10H2,1-8H3. The third-order valence-electron chi connectivity index (χ3n) is 2.54. The summed E-state index contributed by atoms with van der Waals surface area (Å²) in [5, 5.41) is 0. The molecule has 0 N–H and O–H groups in total. The van der Waals surface area contributed by atoms with Crippen LogP contribution in [-0.4, -0.2) is 28.2 Å². The lowest BCUT2D eigenvalue weighted by Crippen LogP contribution is -2.17. The molecule has 0 aromatic heterocycles. The molecule has 3 heteroatoms. The van der Waals surface area contributed by atoms with Crippen molar-refractivity contribution in [2.45, 2.75) is 72.9 Å². The lowest BCUT2D eigenvalue weighted by molar-refractivity contribution is 0.583. The van der Waals surface area contributed by atoms with E-state index in [-0.39, 0.29) is 11.1 Å². The number of hydrogen-bond acceptors (Lipinski definition) is 3. The number of nitrogens with zero attached hydrogens (tertiary/aromatic N) is 3. The predicted octanol–water partition coefficient (Wildman–Crippen LogP) is 4.23. The van der Waals surface area contributed by atoms with Crippen molar-refractivity contribution in [1.82, 2.24) is 0 Å². The predicted molar refractivity (Wildman–Crippen MR) is 85.9 cm³/mol. The van der Waals surface area contributed by atoms with E-state index in [0.29, 0.717) is 0 Å². The van der Waals surface area contributed by atoms with E-state index in [1.54, 1.807) is 0 Å². The number of hydrogen-bond donors (Lipinski definition) is 0. The first-order valence-corrected chi connectivity index (χ1v) is 6.89. The number of aliphatic imine (C=N–C) groups is 3. The molecule has 1 aliphatic heterocycles. The van der Waals surface area contributed by atoms with Gasteiger partial charge >= 0.3 is 0 Å². The van der Waals surface area contributed by atoms with Crippen LogP contribution in [0.4, 0.5) is 0 Å². The van der Waals surface area contributed by atoms with Gasteiger partial charge in [-0.05, 0) is 55.4 Å². The average molecular weight is 261 g/mol. The fraction of sp³-hybridized carbons (Fsp3) is 0.688. The Balaban J connectivity index is 2.91. The minimum Gasteiger partial charge on any atom is -0.282 e. The van der Waals surface area contributed by atoms with Crippen molar-refractivity contribution in [3.8, 4) is 0 Å². The number of allylic oxidation sites excluding steroid dienone is 2. The van der Waals surface area contributed by atoms with Gasteiger partial charge in [0.15, 0.2) is 0 Å². The highest BCUT2D eigenvalue weighted by Crippen LogP contribution is 2.18. The quantitative estimate of drug-likeness (QED) is 0.667. The Kier molecular flexibility index (Phi) is 4.49. The fourth-order valence-corrected chi connectivity index (χ4v) is 2.02. The molecule has 0 bridgehead atoms. The lowest BCUT2D eigenvalue weighted by Gasteiger charge is -2.14. The topological polar surface area (TPSA) is 37.1 Å². The van der Waals surface area contributed by atoms with Gasteiger partial charge in [-0.3, -0.25) is 9.98 Å². The molecule has 1 heterocycles. The first-order chi connectivity index (χ1) is 8.48. The van der Waals surface area contributed by atoms with Crippen LogP contribution in [0.1, 0.15) is 61.8 Å². The van der Waals surface area contributed by atoms with Crippen molar-refractivity contribution in [2.75, 3.05) is 0 Å². The second-order valence-corrected chi connectivity index (χ2v) is 7.09. The van der Waals surface area contributed by atoms with E-state index in [1.807, 2.05) is 13.8 Å². The lowest BCUT2D eigenvalue weighted by atomic mass is 10.1. The van der Waals surface area contributed by atoms with E-state index in [1.165, 1.54) is 0 Å². The Morgan fingerprint density at radius 1 is 0.947 bits per heavy atom. The van der Waals surface area contributed by atoms with Gasteiger partial charge in [-0.2, -0.15) is 0 Å². The molecular weight excluding hydrogens is 234 g/mol. The van der Waals surface area contributed by atoms with Crippen LogP contribution in [0.2, 0.25) is 0 Å². The number of rotatable bonds is 2. The van der Waals surface area contributed by atoms with E-state index in [4.69, 9.17) is 0 Å². The molecule has 106 valence electrons. The minimum absolute atomic E-state index is 0.0517. The molecule has 3 nitrogen and oxygen atoms in total. The zero-order chi connectivity index (χ0) is 14.8. The van der Waals surface area contributed by atoms with Gasteiger partial charge in [0.05, 0.1) is 33.9 Å². The summed E-state index contributed by atoms with van der Waals surface area (Å²) < 4.78 is 0. The Morgan fingerprint density at radius 2 is 1.42 bits per heavy atom. The summed E-state index contributed by atoms with van der Waals surface area (Å²) in [7, 11) is 0. The van der Waals surface area contributed by atoms with E-state index >= 15 is 0 Å². The largest absolute Gasteiger partial charge is 0.282 e. The molecule has 19 heavy (non-hydrogen) atoms. The Morgan fingerprint density at radius 3 is 1.89 bits per heavy atom. The normalized spacial score (nSPS) is 18.5. The van der Waals surface area contributed by atoms with Gasteiger partial charge in [0, 0.05) is 6.42 Å². The van der Waals surface area contributed by atoms with Crippen LogP contribution in [0.5, 0.6) is 0 Å². The average Bonchev–Trinajstić information content (AvgIpc) is 2.60. The van der Waals surface area contributed by atoms with Gasteiger partial charge < -0.3 is 0 Å². The van der Waals surface area contributed by atoms with Gasteiger partial charge in [-0.25, -0.2) is 4.99 Å². The van der Waals surface area contributed by atoms with Crippen molar-refractivity contribution in [3.05, 3.63) is 11.8 Å². The molecule has 0 spiro atoms.